The van der Waals surface area contributed by atoms with E-state index in [1.54, 1.807) is 4.90 Å². The van der Waals surface area contributed by atoms with Gasteiger partial charge in [0, 0.05) is 25.7 Å². The van der Waals surface area contributed by atoms with Crippen LogP contribution in [0.25, 0.3) is 0 Å². The first kappa shape index (κ1) is 18.0. The topological polar surface area (TPSA) is 23.6 Å². The van der Waals surface area contributed by atoms with Crippen LogP contribution in [0.2, 0.25) is 0 Å². The summed E-state index contributed by atoms with van der Waals surface area (Å²) in [6, 6.07) is 15.0. The van der Waals surface area contributed by atoms with E-state index in [1.807, 2.05) is 30.3 Å². The molecule has 0 aromatic heterocycles. The summed E-state index contributed by atoms with van der Waals surface area (Å²) in [6.07, 6.45) is -2.23. The molecule has 1 amide bonds. The molecular weight excluding hydrogens is 353 g/mol. The number of carbonyl (C=O) groups is 1. The molecule has 0 radical (unpaired) electrons. The molecule has 2 aliphatic rings. The fraction of sp³-hybridized carbons (Fsp3) is 0.381. The Kier molecular flexibility index (Phi) is 4.68. The Morgan fingerprint density at radius 2 is 1.59 bits per heavy atom. The third-order valence-electron chi connectivity index (χ3n) is 5.38. The lowest BCUT2D eigenvalue weighted by Crippen LogP contribution is -2.51. The van der Waals surface area contributed by atoms with Crippen molar-refractivity contribution in [1.82, 2.24) is 9.80 Å². The van der Waals surface area contributed by atoms with Crippen LogP contribution in [0.15, 0.2) is 54.6 Å². The molecule has 27 heavy (non-hydrogen) atoms. The molecular formula is C21H21F3N2O. The fourth-order valence-corrected chi connectivity index (χ4v) is 3.85. The van der Waals surface area contributed by atoms with Crippen LogP contribution in [-0.2, 0) is 6.18 Å². The van der Waals surface area contributed by atoms with Gasteiger partial charge in [-0.25, -0.2) is 0 Å². The van der Waals surface area contributed by atoms with E-state index in [2.05, 4.69) is 4.90 Å². The highest BCUT2D eigenvalue weighted by Crippen LogP contribution is 2.36. The van der Waals surface area contributed by atoms with Crippen molar-refractivity contribution in [2.24, 2.45) is 0 Å². The van der Waals surface area contributed by atoms with Gasteiger partial charge in [-0.15, -0.1) is 0 Å². The molecule has 1 heterocycles. The summed E-state index contributed by atoms with van der Waals surface area (Å²) in [7, 11) is 0. The first-order valence-electron chi connectivity index (χ1n) is 9.21. The molecule has 2 aromatic carbocycles. The van der Waals surface area contributed by atoms with E-state index in [0.717, 1.165) is 24.5 Å². The highest BCUT2D eigenvalue weighted by atomic mass is 19.4. The molecule has 2 aromatic rings. The minimum atomic E-state index is -4.55. The molecule has 142 valence electrons. The van der Waals surface area contributed by atoms with Gasteiger partial charge in [-0.05, 0) is 30.5 Å². The average molecular weight is 374 g/mol. The number of piperazine rings is 1. The second kappa shape index (κ2) is 7.00. The van der Waals surface area contributed by atoms with E-state index in [9.17, 15) is 18.0 Å². The molecule has 0 bridgehead atoms. The fourth-order valence-electron chi connectivity index (χ4n) is 3.85. The highest BCUT2D eigenvalue weighted by Gasteiger charge is 2.41. The first-order chi connectivity index (χ1) is 12.9. The third-order valence-corrected chi connectivity index (χ3v) is 5.38. The van der Waals surface area contributed by atoms with Gasteiger partial charge in [-0.2, -0.15) is 13.2 Å². The summed E-state index contributed by atoms with van der Waals surface area (Å²) in [5.74, 6) is -0.549. The van der Waals surface area contributed by atoms with Crippen LogP contribution in [0.5, 0.6) is 0 Å². The smallest absolute Gasteiger partial charge is 0.329 e. The Morgan fingerprint density at radius 3 is 2.26 bits per heavy atom. The van der Waals surface area contributed by atoms with Crippen molar-refractivity contribution >= 4 is 5.91 Å². The molecule has 1 saturated heterocycles. The number of hydrogen-bond acceptors (Lipinski definition) is 2. The molecule has 1 unspecified atom stereocenters. The Balaban J connectivity index is 1.67. The molecule has 1 saturated carbocycles. The summed E-state index contributed by atoms with van der Waals surface area (Å²) < 4.78 is 40.2. The van der Waals surface area contributed by atoms with Crippen molar-refractivity contribution in [3.63, 3.8) is 0 Å². The van der Waals surface area contributed by atoms with E-state index in [0.29, 0.717) is 25.7 Å². The Morgan fingerprint density at radius 1 is 0.926 bits per heavy atom. The average Bonchev–Trinajstić information content (AvgIpc) is 3.52. The van der Waals surface area contributed by atoms with E-state index in [-0.39, 0.29) is 11.6 Å². The molecule has 1 aliphatic carbocycles. The first-order valence-corrected chi connectivity index (χ1v) is 9.21. The van der Waals surface area contributed by atoms with Gasteiger partial charge < -0.3 is 4.90 Å². The van der Waals surface area contributed by atoms with Gasteiger partial charge in [-0.3, -0.25) is 9.69 Å². The summed E-state index contributed by atoms with van der Waals surface area (Å²) in [4.78, 5) is 17.1. The third kappa shape index (κ3) is 3.72. The van der Waals surface area contributed by atoms with Crippen molar-refractivity contribution in [2.45, 2.75) is 31.1 Å². The number of hydrogen-bond donors (Lipinski definition) is 0. The molecule has 1 aliphatic heterocycles. The number of amides is 1. The maximum absolute atomic E-state index is 13.4. The van der Waals surface area contributed by atoms with Crippen molar-refractivity contribution in [3.05, 3.63) is 71.3 Å². The Bertz CT molecular complexity index is 818. The number of benzene rings is 2. The number of carbonyl (C=O) groups excluding carboxylic acids is 1. The number of nitrogens with zero attached hydrogens (tertiary/aromatic N) is 2. The normalized spacial score (nSPS) is 21.3. The molecule has 6 heteroatoms. The zero-order chi connectivity index (χ0) is 19.0. The predicted molar refractivity (Wildman–Crippen MR) is 96.3 cm³/mol. The highest BCUT2D eigenvalue weighted by molar-refractivity contribution is 5.96. The zero-order valence-electron chi connectivity index (χ0n) is 14.8. The maximum atomic E-state index is 13.4. The van der Waals surface area contributed by atoms with Crippen LogP contribution in [0.4, 0.5) is 13.2 Å². The standard InChI is InChI=1S/C21H21F3N2O/c22-21(23,24)18-9-5-4-8-17(18)20(27)26-13-12-25(16-10-11-16)14-19(26)15-6-2-1-3-7-15/h1-9,16,19H,10-14H2. The van der Waals surface area contributed by atoms with E-state index in [1.165, 1.54) is 18.2 Å². The van der Waals surface area contributed by atoms with Gasteiger partial charge in [0.1, 0.15) is 0 Å². The van der Waals surface area contributed by atoms with Gasteiger partial charge in [-0.1, -0.05) is 42.5 Å². The van der Waals surface area contributed by atoms with Crippen molar-refractivity contribution in [2.75, 3.05) is 19.6 Å². The van der Waals surface area contributed by atoms with E-state index >= 15 is 0 Å². The minimum Gasteiger partial charge on any atom is -0.329 e. The molecule has 3 nitrogen and oxygen atoms in total. The molecule has 0 N–H and O–H groups in total. The summed E-state index contributed by atoms with van der Waals surface area (Å²) in [6.45, 7) is 1.80. The molecule has 0 spiro atoms. The number of halogens is 3. The lowest BCUT2D eigenvalue weighted by atomic mass is 9.99. The van der Waals surface area contributed by atoms with Crippen LogP contribution in [0.3, 0.4) is 0 Å². The molecule has 4 rings (SSSR count). The second-order valence-corrected chi connectivity index (χ2v) is 7.19. The van der Waals surface area contributed by atoms with Crippen LogP contribution >= 0.6 is 0 Å². The number of rotatable bonds is 3. The van der Waals surface area contributed by atoms with Gasteiger partial charge >= 0.3 is 6.18 Å². The lowest BCUT2D eigenvalue weighted by molar-refractivity contribution is -0.138. The van der Waals surface area contributed by atoms with Gasteiger partial charge in [0.15, 0.2) is 0 Å². The second-order valence-electron chi connectivity index (χ2n) is 7.19. The molecule has 1 atom stereocenters. The SMILES string of the molecule is O=C(c1ccccc1C(F)(F)F)N1CCN(C2CC2)CC1c1ccccc1. The van der Waals surface area contributed by atoms with Crippen molar-refractivity contribution in [1.29, 1.82) is 0 Å². The summed E-state index contributed by atoms with van der Waals surface area (Å²) in [5.41, 5.74) is -0.182. The minimum absolute atomic E-state index is 0.241. The van der Waals surface area contributed by atoms with Crippen LogP contribution in [0.1, 0.15) is 40.4 Å². The summed E-state index contributed by atoms with van der Waals surface area (Å²) >= 11 is 0. The number of alkyl halides is 3. The Hall–Kier alpha value is -2.34. The lowest BCUT2D eigenvalue weighted by Gasteiger charge is -2.42. The largest absolute Gasteiger partial charge is 0.417 e. The maximum Gasteiger partial charge on any atom is 0.417 e. The predicted octanol–water partition coefficient (Wildman–Crippen LogP) is 4.37. The summed E-state index contributed by atoms with van der Waals surface area (Å²) in [5, 5.41) is 0. The van der Waals surface area contributed by atoms with Gasteiger partial charge in [0.05, 0.1) is 17.2 Å². The van der Waals surface area contributed by atoms with E-state index < -0.39 is 17.6 Å². The van der Waals surface area contributed by atoms with E-state index in [4.69, 9.17) is 0 Å². The monoisotopic (exact) mass is 374 g/mol. The van der Waals surface area contributed by atoms with Crippen molar-refractivity contribution < 1.29 is 18.0 Å². The van der Waals surface area contributed by atoms with Crippen LogP contribution < -0.4 is 0 Å². The quantitative estimate of drug-likeness (QED) is 0.797. The van der Waals surface area contributed by atoms with Gasteiger partial charge in [0.25, 0.3) is 5.91 Å². The van der Waals surface area contributed by atoms with Crippen LogP contribution in [0, 0.1) is 0 Å². The zero-order valence-corrected chi connectivity index (χ0v) is 14.8. The van der Waals surface area contributed by atoms with Gasteiger partial charge in [0.2, 0.25) is 0 Å². The molecule has 2 fully saturated rings. The Labute approximate surface area is 156 Å². The van der Waals surface area contributed by atoms with Crippen LogP contribution in [-0.4, -0.2) is 41.4 Å². The van der Waals surface area contributed by atoms with Crippen molar-refractivity contribution in [3.8, 4) is 0 Å².